The molecule has 3 aromatic rings. The third kappa shape index (κ3) is 4.35. The summed E-state index contributed by atoms with van der Waals surface area (Å²) in [5.74, 6) is 0.315. The van der Waals surface area contributed by atoms with Gasteiger partial charge in [0.05, 0.1) is 29.0 Å². The molecule has 138 valence electrons. The van der Waals surface area contributed by atoms with E-state index in [1.807, 2.05) is 31.3 Å². The van der Waals surface area contributed by atoms with Crippen molar-refractivity contribution in [2.24, 2.45) is 0 Å². The fraction of sp³-hybridized carbons (Fsp3) is 0.158. The van der Waals surface area contributed by atoms with Crippen molar-refractivity contribution in [3.63, 3.8) is 0 Å². The number of ether oxygens (including phenoxy) is 1. The Kier molecular flexibility index (Phi) is 5.56. The zero-order valence-corrected chi connectivity index (χ0v) is 15.6. The van der Waals surface area contributed by atoms with Gasteiger partial charge in [0.1, 0.15) is 0 Å². The van der Waals surface area contributed by atoms with Crippen LogP contribution >= 0.6 is 11.8 Å². The van der Waals surface area contributed by atoms with Gasteiger partial charge in [-0.2, -0.15) is 5.10 Å². The van der Waals surface area contributed by atoms with Gasteiger partial charge in [0, 0.05) is 29.0 Å². The summed E-state index contributed by atoms with van der Waals surface area (Å²) in [5.41, 5.74) is 3.22. The van der Waals surface area contributed by atoms with Crippen molar-refractivity contribution >= 4 is 23.4 Å². The number of aromatic nitrogens is 2. The normalized spacial score (nSPS) is 10.6. The van der Waals surface area contributed by atoms with Crippen LogP contribution in [-0.2, 0) is 10.5 Å². The van der Waals surface area contributed by atoms with E-state index in [1.165, 1.54) is 19.2 Å². The van der Waals surface area contributed by atoms with E-state index in [1.54, 1.807) is 34.6 Å². The number of aryl methyl sites for hydroxylation is 1. The first kappa shape index (κ1) is 18.7. The molecule has 0 unspecified atom stereocenters. The number of hydrogen-bond donors (Lipinski definition) is 0. The van der Waals surface area contributed by atoms with Crippen molar-refractivity contribution in [2.75, 3.05) is 7.11 Å². The minimum Gasteiger partial charge on any atom is -0.465 e. The van der Waals surface area contributed by atoms with Gasteiger partial charge in [-0.25, -0.2) is 9.48 Å². The van der Waals surface area contributed by atoms with Crippen LogP contribution in [-0.4, -0.2) is 27.8 Å². The number of esters is 1. The number of nitro groups is 1. The molecule has 27 heavy (non-hydrogen) atoms. The second kappa shape index (κ2) is 8.05. The van der Waals surface area contributed by atoms with Crippen LogP contribution in [0.4, 0.5) is 5.69 Å². The molecular formula is C19H17N3O4S. The minimum absolute atomic E-state index is 0.0487. The Labute approximate surface area is 160 Å². The fourth-order valence-electron chi connectivity index (χ4n) is 2.52. The molecule has 1 aromatic heterocycles. The summed E-state index contributed by atoms with van der Waals surface area (Å²) >= 11 is 1.63. The summed E-state index contributed by atoms with van der Waals surface area (Å²) in [6, 6.07) is 13.6. The molecule has 0 saturated carbocycles. The highest BCUT2D eigenvalue weighted by Gasteiger charge is 2.10. The first-order chi connectivity index (χ1) is 13.0. The van der Waals surface area contributed by atoms with Gasteiger partial charge in [-0.3, -0.25) is 10.1 Å². The number of nitrogens with zero attached hydrogens (tertiary/aromatic N) is 3. The van der Waals surface area contributed by atoms with Gasteiger partial charge >= 0.3 is 5.97 Å². The summed E-state index contributed by atoms with van der Waals surface area (Å²) in [5, 5.41) is 15.2. The predicted octanol–water partition coefficient (Wildman–Crippen LogP) is 4.17. The van der Waals surface area contributed by atoms with E-state index in [2.05, 4.69) is 5.10 Å². The second-order valence-corrected chi connectivity index (χ2v) is 6.80. The van der Waals surface area contributed by atoms with E-state index in [0.717, 1.165) is 21.8 Å². The standard InChI is InChI=1S/C19H17N3O4S/c1-13-11-14(19(23)26-2)3-8-18(13)27-12-15-9-10-21(20-15)16-4-6-17(7-5-16)22(24)25/h3-11H,12H2,1-2H3. The smallest absolute Gasteiger partial charge is 0.337 e. The first-order valence-corrected chi connectivity index (χ1v) is 9.07. The molecule has 3 rings (SSSR count). The number of carbonyl (C=O) groups is 1. The van der Waals surface area contributed by atoms with Crippen LogP contribution in [0.25, 0.3) is 5.69 Å². The summed E-state index contributed by atoms with van der Waals surface area (Å²) in [6.07, 6.45) is 1.82. The average Bonchev–Trinajstić information content (AvgIpc) is 3.15. The highest BCUT2D eigenvalue weighted by atomic mass is 32.2. The van der Waals surface area contributed by atoms with E-state index in [9.17, 15) is 14.9 Å². The maximum absolute atomic E-state index is 11.6. The number of nitro benzene ring substituents is 1. The highest BCUT2D eigenvalue weighted by Crippen LogP contribution is 2.27. The van der Waals surface area contributed by atoms with Crippen molar-refractivity contribution in [1.29, 1.82) is 0 Å². The Morgan fingerprint density at radius 1 is 1.22 bits per heavy atom. The van der Waals surface area contributed by atoms with Crippen molar-refractivity contribution in [2.45, 2.75) is 17.6 Å². The topological polar surface area (TPSA) is 87.3 Å². The number of thioether (sulfide) groups is 1. The number of carbonyl (C=O) groups excluding carboxylic acids is 1. The van der Waals surface area contributed by atoms with E-state index in [-0.39, 0.29) is 11.7 Å². The maximum atomic E-state index is 11.6. The molecule has 0 radical (unpaired) electrons. The van der Waals surface area contributed by atoms with E-state index >= 15 is 0 Å². The van der Waals surface area contributed by atoms with Crippen LogP contribution in [0.3, 0.4) is 0 Å². The molecule has 0 aliphatic carbocycles. The SMILES string of the molecule is COC(=O)c1ccc(SCc2ccn(-c3ccc([N+](=O)[O-])cc3)n2)c(C)c1. The van der Waals surface area contributed by atoms with Crippen LogP contribution in [0.15, 0.2) is 59.6 Å². The number of hydrogen-bond acceptors (Lipinski definition) is 6. The van der Waals surface area contributed by atoms with Gasteiger partial charge in [0.2, 0.25) is 0 Å². The lowest BCUT2D eigenvalue weighted by molar-refractivity contribution is -0.384. The van der Waals surface area contributed by atoms with Crippen molar-refractivity contribution in [1.82, 2.24) is 9.78 Å². The lowest BCUT2D eigenvalue weighted by Crippen LogP contribution is -2.01. The molecular weight excluding hydrogens is 366 g/mol. The van der Waals surface area contributed by atoms with E-state index in [4.69, 9.17) is 4.74 Å². The average molecular weight is 383 g/mol. The van der Waals surface area contributed by atoms with Gasteiger partial charge in [-0.05, 0) is 48.9 Å². The van der Waals surface area contributed by atoms with E-state index in [0.29, 0.717) is 11.3 Å². The van der Waals surface area contributed by atoms with E-state index < -0.39 is 4.92 Å². The first-order valence-electron chi connectivity index (χ1n) is 8.09. The molecule has 0 amide bonds. The summed E-state index contributed by atoms with van der Waals surface area (Å²) in [7, 11) is 1.36. The molecule has 0 N–H and O–H groups in total. The molecule has 7 nitrogen and oxygen atoms in total. The molecule has 0 saturated heterocycles. The van der Waals surface area contributed by atoms with Crippen molar-refractivity contribution in [3.8, 4) is 5.69 Å². The third-order valence-electron chi connectivity index (χ3n) is 3.94. The molecule has 0 aliphatic heterocycles. The molecule has 8 heteroatoms. The van der Waals surface area contributed by atoms with Crippen LogP contribution in [0.1, 0.15) is 21.6 Å². The second-order valence-electron chi connectivity index (χ2n) is 5.79. The Morgan fingerprint density at radius 2 is 1.96 bits per heavy atom. The van der Waals surface area contributed by atoms with Gasteiger partial charge in [-0.15, -0.1) is 11.8 Å². The molecule has 0 spiro atoms. The van der Waals surface area contributed by atoms with Crippen molar-refractivity contribution in [3.05, 3.63) is 81.7 Å². The maximum Gasteiger partial charge on any atom is 0.337 e. The van der Waals surface area contributed by atoms with Crippen LogP contribution < -0.4 is 0 Å². The molecule has 1 heterocycles. The third-order valence-corrected chi connectivity index (χ3v) is 5.15. The van der Waals surface area contributed by atoms with Gasteiger partial charge in [0.25, 0.3) is 5.69 Å². The lowest BCUT2D eigenvalue weighted by Gasteiger charge is -2.06. The molecule has 0 bridgehead atoms. The van der Waals surface area contributed by atoms with Gasteiger partial charge < -0.3 is 4.74 Å². The Bertz CT molecular complexity index is 983. The summed E-state index contributed by atoms with van der Waals surface area (Å²) < 4.78 is 6.42. The van der Waals surface area contributed by atoms with Crippen LogP contribution in [0.5, 0.6) is 0 Å². The Hall–Kier alpha value is -3.13. The molecule has 0 atom stereocenters. The number of non-ortho nitro benzene ring substituents is 1. The summed E-state index contributed by atoms with van der Waals surface area (Å²) in [4.78, 5) is 22.9. The van der Waals surface area contributed by atoms with Gasteiger partial charge in [0.15, 0.2) is 0 Å². The predicted molar refractivity (Wildman–Crippen MR) is 102 cm³/mol. The minimum atomic E-state index is -0.428. The quantitative estimate of drug-likeness (QED) is 0.275. The zero-order chi connectivity index (χ0) is 19.4. The number of rotatable bonds is 6. The highest BCUT2D eigenvalue weighted by molar-refractivity contribution is 7.98. The lowest BCUT2D eigenvalue weighted by atomic mass is 10.1. The van der Waals surface area contributed by atoms with Crippen LogP contribution in [0, 0.1) is 17.0 Å². The largest absolute Gasteiger partial charge is 0.465 e. The van der Waals surface area contributed by atoms with Crippen LogP contribution in [0.2, 0.25) is 0 Å². The number of methoxy groups -OCH3 is 1. The monoisotopic (exact) mass is 383 g/mol. The fourth-order valence-corrected chi connectivity index (χ4v) is 3.43. The molecule has 0 fully saturated rings. The van der Waals surface area contributed by atoms with Crippen molar-refractivity contribution < 1.29 is 14.5 Å². The zero-order valence-electron chi connectivity index (χ0n) is 14.8. The summed E-state index contributed by atoms with van der Waals surface area (Å²) in [6.45, 7) is 1.95. The molecule has 2 aromatic carbocycles. The number of benzene rings is 2. The Morgan fingerprint density at radius 3 is 2.59 bits per heavy atom. The molecule has 0 aliphatic rings. The van der Waals surface area contributed by atoms with Gasteiger partial charge in [-0.1, -0.05) is 0 Å². The Balaban J connectivity index is 1.68.